The molecule has 5 heteroatoms. The van der Waals surface area contributed by atoms with Crippen LogP contribution < -0.4 is 5.32 Å². The van der Waals surface area contributed by atoms with E-state index in [1.807, 2.05) is 35.7 Å². The van der Waals surface area contributed by atoms with Crippen molar-refractivity contribution < 1.29 is 4.79 Å². The SMILES string of the molecule is C[C@@H]1N=C(c2ccccc2Cl)c2ccsc2NC1=O. The number of carbonyl (C=O) groups is 1. The number of nitrogens with one attached hydrogen (secondary N) is 1. The number of fused-ring (bicyclic) bond motifs is 1. The minimum Gasteiger partial charge on any atom is -0.315 e. The van der Waals surface area contributed by atoms with Gasteiger partial charge in [0.05, 0.1) is 5.71 Å². The number of nitrogens with zero attached hydrogens (tertiary/aromatic N) is 1. The van der Waals surface area contributed by atoms with Gasteiger partial charge in [-0.1, -0.05) is 29.8 Å². The van der Waals surface area contributed by atoms with Crippen molar-refractivity contribution in [3.63, 3.8) is 0 Å². The van der Waals surface area contributed by atoms with Crippen LogP contribution in [0.1, 0.15) is 18.1 Å². The van der Waals surface area contributed by atoms with E-state index in [2.05, 4.69) is 10.3 Å². The lowest BCUT2D eigenvalue weighted by molar-refractivity contribution is -0.116. The summed E-state index contributed by atoms with van der Waals surface area (Å²) in [5, 5.41) is 6.30. The molecule has 0 saturated carbocycles. The maximum absolute atomic E-state index is 11.9. The van der Waals surface area contributed by atoms with Gasteiger partial charge in [0.2, 0.25) is 5.91 Å². The van der Waals surface area contributed by atoms with Crippen LogP contribution in [0.15, 0.2) is 40.7 Å². The molecule has 96 valence electrons. The average Bonchev–Trinajstić information content (AvgIpc) is 2.80. The zero-order valence-electron chi connectivity index (χ0n) is 10.2. The summed E-state index contributed by atoms with van der Waals surface area (Å²) in [5.74, 6) is -0.0919. The first-order valence-corrected chi connectivity index (χ1v) is 7.14. The van der Waals surface area contributed by atoms with Crippen molar-refractivity contribution in [2.24, 2.45) is 4.99 Å². The number of hydrogen-bond acceptors (Lipinski definition) is 3. The normalized spacial score (nSPS) is 18.3. The Morgan fingerprint density at radius 2 is 2.05 bits per heavy atom. The van der Waals surface area contributed by atoms with E-state index in [0.717, 1.165) is 21.8 Å². The molecule has 2 heterocycles. The Bertz CT molecular complexity index is 678. The molecule has 1 aromatic carbocycles. The highest BCUT2D eigenvalue weighted by Crippen LogP contribution is 2.31. The van der Waals surface area contributed by atoms with E-state index in [0.29, 0.717) is 5.02 Å². The third kappa shape index (κ3) is 2.17. The highest BCUT2D eigenvalue weighted by molar-refractivity contribution is 7.14. The van der Waals surface area contributed by atoms with E-state index >= 15 is 0 Å². The zero-order valence-corrected chi connectivity index (χ0v) is 11.8. The molecular weight excluding hydrogens is 280 g/mol. The van der Waals surface area contributed by atoms with Crippen molar-refractivity contribution in [3.05, 3.63) is 51.9 Å². The first kappa shape index (κ1) is 12.4. The van der Waals surface area contributed by atoms with Gasteiger partial charge in [0.15, 0.2) is 0 Å². The van der Waals surface area contributed by atoms with Crippen LogP contribution in [0.2, 0.25) is 5.02 Å². The summed E-state index contributed by atoms with van der Waals surface area (Å²) in [4.78, 5) is 16.4. The molecule has 19 heavy (non-hydrogen) atoms. The standard InChI is InChI=1S/C14H11ClN2OS/c1-8-13(18)17-14-10(6-7-19-14)12(16-8)9-4-2-3-5-11(9)15/h2-8H,1H3,(H,17,18)/t8-/m0/s1. The summed E-state index contributed by atoms with van der Waals surface area (Å²) < 4.78 is 0. The monoisotopic (exact) mass is 290 g/mol. The van der Waals surface area contributed by atoms with E-state index < -0.39 is 6.04 Å². The lowest BCUT2D eigenvalue weighted by atomic mass is 10.0. The first-order valence-electron chi connectivity index (χ1n) is 5.88. The lowest BCUT2D eigenvalue weighted by Crippen LogP contribution is -2.21. The van der Waals surface area contributed by atoms with E-state index in [9.17, 15) is 4.79 Å². The molecule has 1 amide bonds. The molecule has 0 spiro atoms. The number of carbonyl (C=O) groups excluding carboxylic acids is 1. The van der Waals surface area contributed by atoms with Crippen molar-refractivity contribution >= 4 is 39.6 Å². The van der Waals surface area contributed by atoms with Gasteiger partial charge in [0.25, 0.3) is 0 Å². The van der Waals surface area contributed by atoms with Crippen LogP contribution >= 0.6 is 22.9 Å². The largest absolute Gasteiger partial charge is 0.315 e. The molecule has 1 atom stereocenters. The predicted octanol–water partition coefficient (Wildman–Crippen LogP) is 3.58. The zero-order chi connectivity index (χ0) is 13.4. The Hall–Kier alpha value is -1.65. The van der Waals surface area contributed by atoms with Gasteiger partial charge in [0, 0.05) is 16.1 Å². The minimum atomic E-state index is -0.425. The highest BCUT2D eigenvalue weighted by Gasteiger charge is 2.24. The number of benzene rings is 1. The van der Waals surface area contributed by atoms with Crippen LogP contribution in [0, 0.1) is 0 Å². The van der Waals surface area contributed by atoms with Gasteiger partial charge in [0.1, 0.15) is 11.0 Å². The van der Waals surface area contributed by atoms with Crippen LogP contribution in [0.5, 0.6) is 0 Å². The number of thiophene rings is 1. The molecule has 0 radical (unpaired) electrons. The number of anilines is 1. The van der Waals surface area contributed by atoms with Crippen molar-refractivity contribution in [1.29, 1.82) is 0 Å². The Morgan fingerprint density at radius 3 is 2.84 bits per heavy atom. The molecule has 1 aliphatic heterocycles. The molecule has 1 aromatic heterocycles. The van der Waals surface area contributed by atoms with Gasteiger partial charge in [-0.3, -0.25) is 9.79 Å². The van der Waals surface area contributed by atoms with Crippen LogP contribution in [0.25, 0.3) is 0 Å². The number of amides is 1. The topological polar surface area (TPSA) is 41.5 Å². The summed E-state index contributed by atoms with van der Waals surface area (Å²) in [5.41, 5.74) is 2.55. The highest BCUT2D eigenvalue weighted by atomic mass is 35.5. The number of hydrogen-bond donors (Lipinski definition) is 1. The second-order valence-corrected chi connectivity index (χ2v) is 5.61. The summed E-state index contributed by atoms with van der Waals surface area (Å²) in [6.07, 6.45) is 0. The Morgan fingerprint density at radius 1 is 1.26 bits per heavy atom. The van der Waals surface area contributed by atoms with Crippen molar-refractivity contribution in [2.45, 2.75) is 13.0 Å². The number of halogens is 1. The maximum Gasteiger partial charge on any atom is 0.249 e. The summed E-state index contributed by atoms with van der Waals surface area (Å²) in [7, 11) is 0. The molecule has 3 rings (SSSR count). The third-order valence-corrected chi connectivity index (χ3v) is 4.15. The molecule has 1 N–H and O–H groups in total. The second-order valence-electron chi connectivity index (χ2n) is 4.29. The fourth-order valence-corrected chi connectivity index (χ4v) is 3.02. The predicted molar refractivity (Wildman–Crippen MR) is 79.5 cm³/mol. The average molecular weight is 291 g/mol. The Kier molecular flexibility index (Phi) is 3.12. The number of aliphatic imine (C=N–C) groups is 1. The fourth-order valence-electron chi connectivity index (χ4n) is 2.00. The van der Waals surface area contributed by atoms with Crippen molar-refractivity contribution in [3.8, 4) is 0 Å². The van der Waals surface area contributed by atoms with Gasteiger partial charge < -0.3 is 5.32 Å². The quantitative estimate of drug-likeness (QED) is 0.857. The molecule has 3 nitrogen and oxygen atoms in total. The first-order chi connectivity index (χ1) is 9.16. The van der Waals surface area contributed by atoms with Gasteiger partial charge in [-0.25, -0.2) is 0 Å². The smallest absolute Gasteiger partial charge is 0.249 e. The lowest BCUT2D eigenvalue weighted by Gasteiger charge is -2.07. The molecule has 0 unspecified atom stereocenters. The van der Waals surface area contributed by atoms with Crippen molar-refractivity contribution in [2.75, 3.05) is 5.32 Å². The van der Waals surface area contributed by atoms with E-state index in [-0.39, 0.29) is 5.91 Å². The molecule has 0 bridgehead atoms. The van der Waals surface area contributed by atoms with Gasteiger partial charge in [-0.2, -0.15) is 0 Å². The molecule has 0 fully saturated rings. The van der Waals surface area contributed by atoms with Crippen molar-refractivity contribution in [1.82, 2.24) is 0 Å². The fraction of sp³-hybridized carbons (Fsp3) is 0.143. The Labute approximate surface area is 119 Å². The summed E-state index contributed by atoms with van der Waals surface area (Å²) in [6, 6.07) is 9.08. The van der Waals surface area contributed by atoms with Crippen LogP contribution in [0.3, 0.4) is 0 Å². The summed E-state index contributed by atoms with van der Waals surface area (Å²) in [6.45, 7) is 1.78. The summed E-state index contributed by atoms with van der Waals surface area (Å²) >= 11 is 7.74. The van der Waals surface area contributed by atoms with E-state index in [1.54, 1.807) is 6.92 Å². The van der Waals surface area contributed by atoms with E-state index in [4.69, 9.17) is 11.6 Å². The second kappa shape index (κ2) is 4.79. The van der Waals surface area contributed by atoms with Crippen LogP contribution in [-0.2, 0) is 4.79 Å². The Balaban J connectivity index is 2.22. The number of rotatable bonds is 1. The molecule has 1 aliphatic rings. The van der Waals surface area contributed by atoms with Gasteiger partial charge in [-0.05, 0) is 24.4 Å². The maximum atomic E-state index is 11.9. The molecule has 0 aliphatic carbocycles. The van der Waals surface area contributed by atoms with Gasteiger partial charge >= 0.3 is 0 Å². The molecular formula is C14H11ClN2OS. The van der Waals surface area contributed by atoms with Gasteiger partial charge in [-0.15, -0.1) is 11.3 Å². The minimum absolute atomic E-state index is 0.0919. The van der Waals surface area contributed by atoms with Crippen LogP contribution in [-0.4, -0.2) is 17.7 Å². The van der Waals surface area contributed by atoms with E-state index in [1.165, 1.54) is 11.3 Å². The molecule has 2 aromatic rings. The molecule has 0 saturated heterocycles. The third-order valence-electron chi connectivity index (χ3n) is 2.99. The van der Waals surface area contributed by atoms with Crippen LogP contribution in [0.4, 0.5) is 5.00 Å².